The second-order valence-electron chi connectivity index (χ2n) is 8.14. The number of hydrogen-bond donors (Lipinski definition) is 0. The van der Waals surface area contributed by atoms with E-state index in [9.17, 15) is 0 Å². The van der Waals surface area contributed by atoms with E-state index in [1.807, 2.05) is 12.4 Å². The van der Waals surface area contributed by atoms with Crippen molar-refractivity contribution < 1.29 is 4.74 Å². The lowest BCUT2D eigenvalue weighted by molar-refractivity contribution is 0.0162. The fourth-order valence-corrected chi connectivity index (χ4v) is 4.52. The van der Waals surface area contributed by atoms with Crippen molar-refractivity contribution in [3.8, 4) is 0 Å². The lowest BCUT2D eigenvalue weighted by atomic mass is 9.85. The molecule has 132 valence electrons. The van der Waals surface area contributed by atoms with Crippen LogP contribution in [0.3, 0.4) is 0 Å². The van der Waals surface area contributed by atoms with Crippen LogP contribution in [0.5, 0.6) is 0 Å². The van der Waals surface area contributed by atoms with E-state index in [1.165, 1.54) is 57.2 Å². The van der Waals surface area contributed by atoms with Crippen LogP contribution in [-0.4, -0.2) is 59.7 Å². The molecule has 3 fully saturated rings. The Balaban J connectivity index is 1.26. The lowest BCUT2D eigenvalue weighted by Crippen LogP contribution is -2.52. The van der Waals surface area contributed by atoms with Gasteiger partial charge >= 0.3 is 0 Å². The molecule has 1 aliphatic carbocycles. The number of hydrogen-bond acceptors (Lipinski definition) is 4. The first-order chi connectivity index (χ1) is 11.8. The van der Waals surface area contributed by atoms with E-state index in [0.29, 0.717) is 11.6 Å². The SMILES string of the molecule is CN1[C@H](COCC2CC2)CCC12CCN(Cc1ccncc1)CC2. The number of likely N-dealkylation sites (tertiary alicyclic amines) is 2. The molecule has 4 nitrogen and oxygen atoms in total. The van der Waals surface area contributed by atoms with E-state index in [-0.39, 0.29) is 0 Å². The number of piperidine rings is 1. The number of nitrogens with zero attached hydrogens (tertiary/aromatic N) is 3. The van der Waals surface area contributed by atoms with E-state index in [4.69, 9.17) is 4.74 Å². The number of likely N-dealkylation sites (N-methyl/N-ethyl adjacent to an activating group) is 1. The molecule has 0 bridgehead atoms. The van der Waals surface area contributed by atoms with Crippen molar-refractivity contribution in [2.45, 2.75) is 56.7 Å². The Hall–Kier alpha value is -0.970. The molecule has 4 heteroatoms. The Labute approximate surface area is 146 Å². The van der Waals surface area contributed by atoms with E-state index in [2.05, 4.69) is 34.0 Å². The largest absolute Gasteiger partial charge is 0.380 e. The molecule has 0 amide bonds. The summed E-state index contributed by atoms with van der Waals surface area (Å²) in [6.45, 7) is 5.42. The second kappa shape index (κ2) is 7.11. The molecule has 0 aromatic carbocycles. The smallest absolute Gasteiger partial charge is 0.0622 e. The lowest BCUT2D eigenvalue weighted by Gasteiger charge is -2.45. The molecular formula is C20H31N3O. The van der Waals surface area contributed by atoms with Gasteiger partial charge in [-0.2, -0.15) is 0 Å². The van der Waals surface area contributed by atoms with Gasteiger partial charge < -0.3 is 4.74 Å². The maximum Gasteiger partial charge on any atom is 0.0622 e. The Bertz CT molecular complexity index is 523. The molecule has 2 aliphatic heterocycles. The molecule has 1 spiro atoms. The highest BCUT2D eigenvalue weighted by Crippen LogP contribution is 2.41. The summed E-state index contributed by atoms with van der Waals surface area (Å²) in [5.41, 5.74) is 1.81. The highest BCUT2D eigenvalue weighted by atomic mass is 16.5. The first-order valence-electron chi connectivity index (χ1n) is 9.67. The molecule has 1 saturated carbocycles. The monoisotopic (exact) mass is 329 g/mol. The van der Waals surface area contributed by atoms with Crippen molar-refractivity contribution in [2.75, 3.05) is 33.4 Å². The topological polar surface area (TPSA) is 28.6 Å². The first kappa shape index (κ1) is 16.5. The van der Waals surface area contributed by atoms with Crippen LogP contribution in [-0.2, 0) is 11.3 Å². The standard InChI is InChI=1S/C20H31N3O/c1-22-19(16-24-15-18-2-3-18)4-7-20(22)8-12-23(13-9-20)14-17-5-10-21-11-6-17/h5-6,10-11,18-19H,2-4,7-9,12-16H2,1H3/t19-/m0/s1. The van der Waals surface area contributed by atoms with Gasteiger partial charge in [0.2, 0.25) is 0 Å². The highest BCUT2D eigenvalue weighted by molar-refractivity contribution is 5.10. The average Bonchev–Trinajstić information content (AvgIpc) is 3.39. The fourth-order valence-electron chi connectivity index (χ4n) is 4.52. The average molecular weight is 329 g/mol. The molecule has 0 unspecified atom stereocenters. The number of rotatable bonds is 6. The van der Waals surface area contributed by atoms with Crippen LogP contribution in [0.25, 0.3) is 0 Å². The molecule has 3 aliphatic rings. The van der Waals surface area contributed by atoms with E-state index < -0.39 is 0 Å². The third-order valence-corrected chi connectivity index (χ3v) is 6.54. The highest BCUT2D eigenvalue weighted by Gasteiger charge is 2.45. The Kier molecular flexibility index (Phi) is 4.88. The summed E-state index contributed by atoms with van der Waals surface area (Å²) in [6, 6.07) is 4.91. The maximum atomic E-state index is 5.99. The Morgan fingerprint density at radius 2 is 1.83 bits per heavy atom. The van der Waals surface area contributed by atoms with Crippen LogP contribution in [0, 0.1) is 5.92 Å². The quantitative estimate of drug-likeness (QED) is 0.802. The number of aromatic nitrogens is 1. The minimum atomic E-state index is 0.433. The Morgan fingerprint density at radius 3 is 2.54 bits per heavy atom. The van der Waals surface area contributed by atoms with E-state index >= 15 is 0 Å². The van der Waals surface area contributed by atoms with Gasteiger partial charge in [-0.3, -0.25) is 14.8 Å². The zero-order chi connectivity index (χ0) is 16.4. The van der Waals surface area contributed by atoms with Crippen molar-refractivity contribution in [1.82, 2.24) is 14.8 Å². The molecule has 3 heterocycles. The summed E-state index contributed by atoms with van der Waals surface area (Å²) in [6.07, 6.45) is 11.8. The summed E-state index contributed by atoms with van der Waals surface area (Å²) in [7, 11) is 2.34. The minimum absolute atomic E-state index is 0.433. The summed E-state index contributed by atoms with van der Waals surface area (Å²) in [5.74, 6) is 0.877. The molecule has 0 N–H and O–H groups in total. The van der Waals surface area contributed by atoms with Crippen molar-refractivity contribution in [2.24, 2.45) is 5.92 Å². The summed E-state index contributed by atoms with van der Waals surface area (Å²) < 4.78 is 5.99. The van der Waals surface area contributed by atoms with Crippen molar-refractivity contribution in [3.63, 3.8) is 0 Å². The van der Waals surface area contributed by atoms with E-state index in [0.717, 1.165) is 25.7 Å². The summed E-state index contributed by atoms with van der Waals surface area (Å²) >= 11 is 0. The summed E-state index contributed by atoms with van der Waals surface area (Å²) in [5, 5.41) is 0. The molecule has 2 saturated heterocycles. The molecule has 1 aromatic rings. The number of ether oxygens (including phenoxy) is 1. The van der Waals surface area contributed by atoms with Gasteiger partial charge in [0.05, 0.1) is 6.61 Å². The van der Waals surface area contributed by atoms with Gasteiger partial charge in [0, 0.05) is 50.2 Å². The molecule has 4 rings (SSSR count). The molecule has 0 radical (unpaired) electrons. The minimum Gasteiger partial charge on any atom is -0.380 e. The van der Waals surface area contributed by atoms with Gasteiger partial charge in [-0.05, 0) is 69.2 Å². The van der Waals surface area contributed by atoms with Crippen LogP contribution >= 0.6 is 0 Å². The molecule has 1 atom stereocenters. The van der Waals surface area contributed by atoms with Crippen molar-refractivity contribution in [1.29, 1.82) is 0 Å². The van der Waals surface area contributed by atoms with Crippen molar-refractivity contribution in [3.05, 3.63) is 30.1 Å². The van der Waals surface area contributed by atoms with Crippen molar-refractivity contribution >= 4 is 0 Å². The van der Waals surface area contributed by atoms with Crippen LogP contribution in [0.2, 0.25) is 0 Å². The van der Waals surface area contributed by atoms with Crippen LogP contribution in [0.1, 0.15) is 44.1 Å². The van der Waals surface area contributed by atoms with Gasteiger partial charge in [0.15, 0.2) is 0 Å². The fraction of sp³-hybridized carbons (Fsp3) is 0.750. The number of pyridine rings is 1. The molecule has 1 aromatic heterocycles. The molecule has 24 heavy (non-hydrogen) atoms. The second-order valence-corrected chi connectivity index (χ2v) is 8.14. The van der Waals surface area contributed by atoms with Gasteiger partial charge in [0.1, 0.15) is 0 Å². The first-order valence-corrected chi connectivity index (χ1v) is 9.67. The normalized spacial score (nSPS) is 27.8. The van der Waals surface area contributed by atoms with Crippen LogP contribution in [0.4, 0.5) is 0 Å². The van der Waals surface area contributed by atoms with Gasteiger partial charge in [0.25, 0.3) is 0 Å². The van der Waals surface area contributed by atoms with Crippen LogP contribution in [0.15, 0.2) is 24.5 Å². The third kappa shape index (κ3) is 3.66. The van der Waals surface area contributed by atoms with Crippen LogP contribution < -0.4 is 0 Å². The zero-order valence-corrected chi connectivity index (χ0v) is 15.0. The summed E-state index contributed by atoms with van der Waals surface area (Å²) in [4.78, 5) is 9.39. The van der Waals surface area contributed by atoms with Gasteiger partial charge in [-0.15, -0.1) is 0 Å². The van der Waals surface area contributed by atoms with E-state index in [1.54, 1.807) is 0 Å². The van der Waals surface area contributed by atoms with Gasteiger partial charge in [-0.1, -0.05) is 0 Å². The van der Waals surface area contributed by atoms with Gasteiger partial charge in [-0.25, -0.2) is 0 Å². The predicted molar refractivity (Wildman–Crippen MR) is 95.8 cm³/mol. The predicted octanol–water partition coefficient (Wildman–Crippen LogP) is 2.94. The molecular weight excluding hydrogens is 298 g/mol. The zero-order valence-electron chi connectivity index (χ0n) is 15.0. The Morgan fingerprint density at radius 1 is 1.08 bits per heavy atom. The maximum absolute atomic E-state index is 5.99. The third-order valence-electron chi connectivity index (χ3n) is 6.54.